The van der Waals surface area contributed by atoms with Crippen molar-refractivity contribution in [1.29, 1.82) is 0 Å². The van der Waals surface area contributed by atoms with Crippen molar-refractivity contribution in [3.05, 3.63) is 88.4 Å². The van der Waals surface area contributed by atoms with E-state index in [4.69, 9.17) is 12.6 Å². The van der Waals surface area contributed by atoms with Crippen molar-refractivity contribution in [2.75, 3.05) is 0 Å². The number of hydrogen-bond acceptors (Lipinski definition) is 5. The van der Waals surface area contributed by atoms with Crippen LogP contribution in [0.4, 0.5) is 0 Å². The molecule has 0 amide bonds. The van der Waals surface area contributed by atoms with Crippen molar-refractivity contribution >= 4 is 18.4 Å². The van der Waals surface area contributed by atoms with E-state index >= 15 is 0 Å². The van der Waals surface area contributed by atoms with Crippen LogP contribution in [-0.2, 0) is 6.42 Å². The van der Waals surface area contributed by atoms with Crippen LogP contribution in [0.15, 0.2) is 54.6 Å². The van der Waals surface area contributed by atoms with E-state index in [1.807, 2.05) is 36.4 Å². The van der Waals surface area contributed by atoms with Gasteiger partial charge in [0, 0.05) is 12.5 Å². The molecule has 0 aliphatic rings. The van der Waals surface area contributed by atoms with E-state index in [0.29, 0.717) is 23.7 Å². The van der Waals surface area contributed by atoms with Crippen molar-refractivity contribution in [2.45, 2.75) is 25.5 Å². The molecule has 0 aliphatic heterocycles. The van der Waals surface area contributed by atoms with Crippen LogP contribution in [0.25, 0.3) is 5.78 Å². The second-order valence-electron chi connectivity index (χ2n) is 6.69. The highest BCUT2D eigenvalue weighted by molar-refractivity contribution is 7.80. The first-order valence-electron chi connectivity index (χ1n) is 8.76. The Kier molecular flexibility index (Phi) is 4.58. The number of rotatable bonds is 4. The monoisotopic (exact) mass is 376 g/mol. The van der Waals surface area contributed by atoms with Crippen molar-refractivity contribution in [3.8, 4) is 5.88 Å². The van der Waals surface area contributed by atoms with E-state index in [1.165, 1.54) is 15.6 Å². The van der Waals surface area contributed by atoms with Gasteiger partial charge in [0.25, 0.3) is 5.78 Å². The molecule has 0 saturated carbocycles. The lowest BCUT2D eigenvalue weighted by Crippen LogP contribution is -2.01. The molecular formula is C21H20N4OS. The Balaban J connectivity index is 1.69. The molecule has 5 nitrogen and oxygen atoms in total. The van der Waals surface area contributed by atoms with Gasteiger partial charge < -0.3 is 5.11 Å². The highest BCUT2D eigenvalue weighted by Gasteiger charge is 2.17. The van der Waals surface area contributed by atoms with Gasteiger partial charge in [0.1, 0.15) is 0 Å². The van der Waals surface area contributed by atoms with E-state index in [9.17, 15) is 5.11 Å². The predicted octanol–water partition coefficient (Wildman–Crippen LogP) is 4.06. The minimum Gasteiger partial charge on any atom is -0.493 e. The molecule has 1 unspecified atom stereocenters. The Morgan fingerprint density at radius 2 is 1.78 bits per heavy atom. The van der Waals surface area contributed by atoms with Crippen LogP contribution in [0.5, 0.6) is 5.88 Å². The Bertz CT molecular complexity index is 1110. The third kappa shape index (κ3) is 3.53. The number of fused-ring (bicyclic) bond motifs is 1. The molecule has 6 heteroatoms. The first-order valence-corrected chi connectivity index (χ1v) is 9.27. The average Bonchev–Trinajstić information content (AvgIpc) is 3.07. The predicted molar refractivity (Wildman–Crippen MR) is 108 cm³/mol. The van der Waals surface area contributed by atoms with Crippen molar-refractivity contribution in [3.63, 3.8) is 0 Å². The molecule has 1 atom stereocenters. The largest absolute Gasteiger partial charge is 0.493 e. The molecule has 27 heavy (non-hydrogen) atoms. The van der Waals surface area contributed by atoms with Crippen molar-refractivity contribution < 1.29 is 5.11 Å². The number of hydrogen-bond donors (Lipinski definition) is 2. The number of thiol groups is 1. The second-order valence-corrected chi connectivity index (χ2v) is 7.20. The number of nitrogens with zero attached hydrogens (tertiary/aromatic N) is 4. The van der Waals surface area contributed by atoms with Gasteiger partial charge >= 0.3 is 0 Å². The summed E-state index contributed by atoms with van der Waals surface area (Å²) < 4.78 is 1.36. The zero-order chi connectivity index (χ0) is 19.0. The smallest absolute Gasteiger partial charge is 0.255 e. The summed E-state index contributed by atoms with van der Waals surface area (Å²) in [5, 5.41) is 14.5. The van der Waals surface area contributed by atoms with Gasteiger partial charge in [-0.2, -0.15) is 22.1 Å². The molecule has 0 radical (unpaired) electrons. The van der Waals surface area contributed by atoms with Crippen LogP contribution in [0.3, 0.4) is 0 Å². The molecule has 4 aromatic rings. The number of aryl methyl sites for hydroxylation is 2. The molecule has 0 spiro atoms. The minimum atomic E-state index is -0.255. The highest BCUT2D eigenvalue weighted by atomic mass is 32.1. The molecule has 4 rings (SSSR count). The fourth-order valence-corrected chi connectivity index (χ4v) is 3.30. The Morgan fingerprint density at radius 3 is 2.52 bits per heavy atom. The summed E-state index contributed by atoms with van der Waals surface area (Å²) in [6.45, 7) is 4.15. The van der Waals surface area contributed by atoms with Gasteiger partial charge in [0.05, 0.1) is 10.9 Å². The summed E-state index contributed by atoms with van der Waals surface area (Å²) in [6.07, 6.45) is 0.584. The maximum atomic E-state index is 10.4. The van der Waals surface area contributed by atoms with Gasteiger partial charge in [0.15, 0.2) is 5.82 Å². The quantitative estimate of drug-likeness (QED) is 0.527. The molecule has 0 bridgehead atoms. The second kappa shape index (κ2) is 7.04. The van der Waals surface area contributed by atoms with Crippen LogP contribution in [0.2, 0.25) is 0 Å². The Morgan fingerprint density at radius 1 is 1.00 bits per heavy atom. The van der Waals surface area contributed by atoms with Gasteiger partial charge in [-0.25, -0.2) is 4.98 Å². The average molecular weight is 376 g/mol. The third-order valence-corrected chi connectivity index (χ3v) is 5.25. The summed E-state index contributed by atoms with van der Waals surface area (Å²) in [5.74, 6) is 0.992. The maximum Gasteiger partial charge on any atom is 0.255 e. The summed E-state index contributed by atoms with van der Waals surface area (Å²) in [5.41, 5.74) is 5.21. The van der Waals surface area contributed by atoms with Crippen LogP contribution in [0, 0.1) is 13.8 Å². The Hall–Kier alpha value is -2.86. The molecule has 2 aromatic heterocycles. The molecule has 0 saturated heterocycles. The van der Waals surface area contributed by atoms with Crippen molar-refractivity contribution in [1.82, 2.24) is 19.6 Å². The van der Waals surface area contributed by atoms with E-state index < -0.39 is 0 Å². The normalized spacial score (nSPS) is 12.4. The number of benzene rings is 2. The molecule has 2 aromatic carbocycles. The topological polar surface area (TPSA) is 63.3 Å². The zero-order valence-electron chi connectivity index (χ0n) is 15.2. The standard InChI is InChI=1S/C21H20N4OS/c1-13-8-9-16(10-14(13)2)20(27)17-12-19(26)25-21(22-17)23-18(24-25)11-15-6-4-3-5-7-15/h3-10,12,20,26-27H,11H2,1-2H3. The van der Waals surface area contributed by atoms with Crippen molar-refractivity contribution in [2.24, 2.45) is 0 Å². The fourth-order valence-electron chi connectivity index (χ4n) is 3.01. The van der Waals surface area contributed by atoms with Gasteiger partial charge in [-0.1, -0.05) is 48.5 Å². The molecule has 0 fully saturated rings. The molecule has 0 aliphatic carbocycles. The van der Waals surface area contributed by atoms with Gasteiger partial charge in [-0.15, -0.1) is 5.10 Å². The van der Waals surface area contributed by atoms with E-state index in [-0.39, 0.29) is 11.1 Å². The van der Waals surface area contributed by atoms with Gasteiger partial charge in [0.2, 0.25) is 5.88 Å². The van der Waals surface area contributed by atoms with Crippen LogP contribution < -0.4 is 0 Å². The lowest BCUT2D eigenvalue weighted by atomic mass is 10.0. The van der Waals surface area contributed by atoms with Gasteiger partial charge in [-0.05, 0) is 36.1 Å². The number of aromatic hydroxyl groups is 1. The van der Waals surface area contributed by atoms with Crippen LogP contribution in [-0.4, -0.2) is 24.7 Å². The lowest BCUT2D eigenvalue weighted by Gasteiger charge is -2.13. The minimum absolute atomic E-state index is 0.00435. The van der Waals surface area contributed by atoms with E-state index in [2.05, 4.69) is 41.0 Å². The first-order chi connectivity index (χ1) is 13.0. The lowest BCUT2D eigenvalue weighted by molar-refractivity contribution is 0.433. The maximum absolute atomic E-state index is 10.4. The summed E-state index contributed by atoms with van der Waals surface area (Å²) in [6, 6.07) is 17.8. The van der Waals surface area contributed by atoms with Crippen LogP contribution >= 0.6 is 12.6 Å². The van der Waals surface area contributed by atoms with E-state index in [0.717, 1.165) is 11.1 Å². The zero-order valence-corrected chi connectivity index (χ0v) is 16.1. The summed E-state index contributed by atoms with van der Waals surface area (Å²) in [7, 11) is 0. The molecule has 1 N–H and O–H groups in total. The summed E-state index contributed by atoms with van der Waals surface area (Å²) >= 11 is 4.72. The first kappa shape index (κ1) is 17.5. The van der Waals surface area contributed by atoms with E-state index in [1.54, 1.807) is 6.07 Å². The fraction of sp³-hybridized carbons (Fsp3) is 0.190. The van der Waals surface area contributed by atoms with Crippen LogP contribution in [0.1, 0.15) is 39.0 Å². The third-order valence-electron chi connectivity index (χ3n) is 4.69. The SMILES string of the molecule is Cc1ccc(C(S)c2cc(O)n3nc(Cc4ccccc4)nc3n2)cc1C. The van der Waals surface area contributed by atoms with Gasteiger partial charge in [-0.3, -0.25) is 0 Å². The number of aromatic nitrogens is 4. The summed E-state index contributed by atoms with van der Waals surface area (Å²) in [4.78, 5) is 9.06. The highest BCUT2D eigenvalue weighted by Crippen LogP contribution is 2.30. The molecule has 136 valence electrons. The Labute approximate surface area is 163 Å². The molecule has 2 heterocycles. The molecular weight excluding hydrogens is 356 g/mol.